The fourth-order valence-electron chi connectivity index (χ4n) is 3.51. The van der Waals surface area contributed by atoms with Crippen molar-refractivity contribution in [2.45, 2.75) is 36.0 Å². The van der Waals surface area contributed by atoms with Crippen LogP contribution in [0.2, 0.25) is 0 Å². The van der Waals surface area contributed by atoms with Gasteiger partial charge >= 0.3 is 11.9 Å². The molecule has 0 saturated heterocycles. The molecule has 0 saturated carbocycles. The van der Waals surface area contributed by atoms with E-state index in [1.54, 1.807) is 30.0 Å². The zero-order valence-corrected chi connectivity index (χ0v) is 18.5. The molecule has 0 amide bonds. The summed E-state index contributed by atoms with van der Waals surface area (Å²) in [6, 6.07) is 18.1. The minimum atomic E-state index is -1.01. The molecule has 6 heteroatoms. The second kappa shape index (κ2) is 8.89. The van der Waals surface area contributed by atoms with Crippen molar-refractivity contribution in [2.75, 3.05) is 0 Å². The van der Waals surface area contributed by atoms with Gasteiger partial charge in [-0.2, -0.15) is 0 Å². The molecule has 4 rings (SSSR count). The van der Waals surface area contributed by atoms with E-state index in [0.29, 0.717) is 17.7 Å². The van der Waals surface area contributed by atoms with Gasteiger partial charge in [0.1, 0.15) is 5.69 Å². The summed E-state index contributed by atoms with van der Waals surface area (Å²) in [5.74, 6) is 4.76. The van der Waals surface area contributed by atoms with Gasteiger partial charge < -0.3 is 9.84 Å². The molecule has 5 nitrogen and oxygen atoms in total. The van der Waals surface area contributed by atoms with Crippen LogP contribution in [0.5, 0.6) is 0 Å². The third kappa shape index (κ3) is 4.84. The van der Waals surface area contributed by atoms with E-state index in [0.717, 1.165) is 16.0 Å². The van der Waals surface area contributed by atoms with Crippen LogP contribution in [0.25, 0.3) is 0 Å². The zero-order chi connectivity index (χ0) is 22.7. The zero-order valence-electron chi connectivity index (χ0n) is 17.7. The van der Waals surface area contributed by atoms with Crippen LogP contribution >= 0.6 is 11.8 Å². The number of hydrogen-bond acceptors (Lipinski definition) is 5. The highest BCUT2D eigenvalue weighted by molar-refractivity contribution is 7.99. The number of nitrogens with zero attached hydrogens (tertiary/aromatic N) is 1. The van der Waals surface area contributed by atoms with Crippen LogP contribution in [0.4, 0.5) is 0 Å². The molecule has 0 aliphatic carbocycles. The van der Waals surface area contributed by atoms with Crippen molar-refractivity contribution in [1.82, 2.24) is 4.98 Å². The first-order valence-electron chi connectivity index (χ1n) is 10.1. The van der Waals surface area contributed by atoms with Crippen LogP contribution in [-0.2, 0) is 10.2 Å². The number of thioether (sulfide) groups is 1. The van der Waals surface area contributed by atoms with Crippen LogP contribution in [0.15, 0.2) is 71.8 Å². The van der Waals surface area contributed by atoms with E-state index in [9.17, 15) is 9.59 Å². The van der Waals surface area contributed by atoms with Crippen LogP contribution in [0, 0.1) is 11.8 Å². The predicted molar refractivity (Wildman–Crippen MR) is 123 cm³/mol. The van der Waals surface area contributed by atoms with Gasteiger partial charge in [0.2, 0.25) is 0 Å². The Morgan fingerprint density at radius 3 is 2.53 bits per heavy atom. The van der Waals surface area contributed by atoms with Gasteiger partial charge in [0, 0.05) is 23.1 Å². The lowest BCUT2D eigenvalue weighted by Gasteiger charge is -2.36. The Morgan fingerprint density at radius 1 is 1.06 bits per heavy atom. The first kappa shape index (κ1) is 21.7. The molecule has 1 aromatic heterocycles. The van der Waals surface area contributed by atoms with Gasteiger partial charge in [-0.25, -0.2) is 14.6 Å². The summed E-state index contributed by atoms with van der Waals surface area (Å²) in [5.41, 5.74) is 2.74. The van der Waals surface area contributed by atoms with E-state index >= 15 is 0 Å². The Balaban J connectivity index is 1.52. The number of fused-ring (bicyclic) bond motifs is 1. The Bertz CT molecular complexity index is 1220. The van der Waals surface area contributed by atoms with Crippen LogP contribution in [0.3, 0.4) is 0 Å². The van der Waals surface area contributed by atoms with Crippen molar-refractivity contribution < 1.29 is 19.4 Å². The maximum atomic E-state index is 12.5. The SMILES string of the molecule is CC1(C)C[C@H](OC(=O)c2ccccc2)Sc2ccc(C#Cc3ccc(C(=O)O)cn3)cc21. The molecule has 0 spiro atoms. The minimum absolute atomic E-state index is 0.130. The molecule has 0 bridgehead atoms. The van der Waals surface area contributed by atoms with E-state index in [-0.39, 0.29) is 22.4 Å². The number of pyridine rings is 1. The van der Waals surface area contributed by atoms with Crippen molar-refractivity contribution in [3.8, 4) is 11.8 Å². The number of ether oxygens (including phenoxy) is 1. The summed E-state index contributed by atoms with van der Waals surface area (Å²) >= 11 is 1.55. The van der Waals surface area contributed by atoms with Crippen molar-refractivity contribution in [2.24, 2.45) is 0 Å². The smallest absolute Gasteiger partial charge is 0.339 e. The van der Waals surface area contributed by atoms with Crippen LogP contribution in [0.1, 0.15) is 57.8 Å². The number of carboxylic acids is 1. The lowest BCUT2D eigenvalue weighted by Crippen LogP contribution is -2.31. The Labute approximate surface area is 190 Å². The van der Waals surface area contributed by atoms with Crippen molar-refractivity contribution >= 4 is 23.7 Å². The monoisotopic (exact) mass is 443 g/mol. The van der Waals surface area contributed by atoms with E-state index in [1.807, 2.05) is 30.3 Å². The van der Waals surface area contributed by atoms with Gasteiger partial charge in [0.15, 0.2) is 5.44 Å². The second-order valence-electron chi connectivity index (χ2n) is 8.10. The van der Waals surface area contributed by atoms with Crippen molar-refractivity contribution in [1.29, 1.82) is 0 Å². The molecule has 1 aliphatic rings. The molecule has 0 radical (unpaired) electrons. The molecule has 32 heavy (non-hydrogen) atoms. The predicted octanol–water partition coefficient (Wildman–Crippen LogP) is 5.14. The number of carbonyl (C=O) groups is 2. The fourth-order valence-corrected chi connectivity index (χ4v) is 5.03. The molecule has 3 aromatic rings. The Hall–Kier alpha value is -3.56. The molecule has 1 N–H and O–H groups in total. The lowest BCUT2D eigenvalue weighted by molar-refractivity contribution is 0.0415. The van der Waals surface area contributed by atoms with Crippen molar-refractivity contribution in [3.63, 3.8) is 0 Å². The number of aromatic carboxylic acids is 1. The highest BCUT2D eigenvalue weighted by Crippen LogP contribution is 2.46. The average molecular weight is 444 g/mol. The maximum Gasteiger partial charge on any atom is 0.339 e. The lowest BCUT2D eigenvalue weighted by atomic mass is 9.80. The van der Waals surface area contributed by atoms with Gasteiger partial charge in [0.05, 0.1) is 11.1 Å². The van der Waals surface area contributed by atoms with E-state index < -0.39 is 5.97 Å². The standard InChI is InChI=1S/C26H21NO4S/c1-26(2)15-23(31-25(30)18-6-4-3-5-7-18)32-22-13-9-17(14-21(22)26)8-11-20-12-10-19(16-27-20)24(28)29/h3-7,9-10,12-14,16,23H,15H2,1-2H3,(H,28,29)/t23-/m1/s1. The molecule has 0 unspecified atom stereocenters. The second-order valence-corrected chi connectivity index (χ2v) is 9.31. The van der Waals surface area contributed by atoms with Crippen molar-refractivity contribution in [3.05, 3.63) is 94.8 Å². The third-order valence-corrected chi connectivity index (χ3v) is 6.37. The first-order valence-corrected chi connectivity index (χ1v) is 11.0. The summed E-state index contributed by atoms with van der Waals surface area (Å²) in [6.07, 6.45) is 1.99. The molecule has 0 fully saturated rings. The Morgan fingerprint density at radius 2 is 1.84 bits per heavy atom. The summed E-state index contributed by atoms with van der Waals surface area (Å²) in [5, 5.41) is 8.96. The molecule has 2 heterocycles. The molecular weight excluding hydrogens is 422 g/mol. The minimum Gasteiger partial charge on any atom is -0.478 e. The normalized spacial score (nSPS) is 16.2. The van der Waals surface area contributed by atoms with E-state index in [4.69, 9.17) is 9.84 Å². The summed E-state index contributed by atoms with van der Waals surface area (Å²) in [6.45, 7) is 4.27. The molecule has 1 atom stereocenters. The van der Waals surface area contributed by atoms with Gasteiger partial charge in [-0.05, 0) is 59.4 Å². The summed E-state index contributed by atoms with van der Waals surface area (Å²) < 4.78 is 5.78. The molecule has 2 aromatic carbocycles. The van der Waals surface area contributed by atoms with Gasteiger partial charge in [-0.3, -0.25) is 0 Å². The number of hydrogen-bond donors (Lipinski definition) is 1. The number of benzene rings is 2. The number of aromatic nitrogens is 1. The number of esters is 1. The quantitative estimate of drug-likeness (QED) is 0.446. The van der Waals surface area contributed by atoms with Crippen LogP contribution < -0.4 is 0 Å². The Kier molecular flexibility index (Phi) is 6.02. The molecule has 1 aliphatic heterocycles. The fraction of sp³-hybridized carbons (Fsp3) is 0.192. The van der Waals surface area contributed by atoms with Gasteiger partial charge in [-0.1, -0.05) is 49.7 Å². The largest absolute Gasteiger partial charge is 0.478 e. The average Bonchev–Trinajstić information content (AvgIpc) is 2.78. The number of carboxylic acid groups (broad SMARTS) is 1. The highest BCUT2D eigenvalue weighted by atomic mass is 32.2. The number of rotatable bonds is 3. The van der Waals surface area contributed by atoms with Gasteiger partial charge in [0.25, 0.3) is 0 Å². The highest BCUT2D eigenvalue weighted by Gasteiger charge is 2.35. The summed E-state index contributed by atoms with van der Waals surface area (Å²) in [7, 11) is 0. The van der Waals surface area contributed by atoms with E-state index in [1.165, 1.54) is 12.3 Å². The van der Waals surface area contributed by atoms with E-state index in [2.05, 4.69) is 36.7 Å². The van der Waals surface area contributed by atoms with Crippen LogP contribution in [-0.4, -0.2) is 27.5 Å². The summed E-state index contributed by atoms with van der Waals surface area (Å²) in [4.78, 5) is 28.6. The molecular formula is C26H21NO4S. The third-order valence-electron chi connectivity index (χ3n) is 5.24. The van der Waals surface area contributed by atoms with Gasteiger partial charge in [-0.15, -0.1) is 0 Å². The molecule has 160 valence electrons. The maximum absolute atomic E-state index is 12.5. The topological polar surface area (TPSA) is 76.5 Å². The first-order chi connectivity index (χ1) is 15.3. The number of carbonyl (C=O) groups excluding carboxylic acids is 1.